The summed E-state index contributed by atoms with van der Waals surface area (Å²) in [7, 11) is -2.57. The van der Waals surface area contributed by atoms with E-state index in [0.717, 1.165) is 5.56 Å². The van der Waals surface area contributed by atoms with E-state index in [-0.39, 0.29) is 11.5 Å². The van der Waals surface area contributed by atoms with Crippen LogP contribution in [0.2, 0.25) is 0 Å². The third kappa shape index (κ3) is 7.76. The second kappa shape index (κ2) is 11.8. The van der Waals surface area contributed by atoms with Crippen LogP contribution in [0.5, 0.6) is 0 Å². The Morgan fingerprint density at radius 3 is 1.76 bits per heavy atom. The van der Waals surface area contributed by atoms with Gasteiger partial charge in [0.2, 0.25) is 5.78 Å². The van der Waals surface area contributed by atoms with Crippen molar-refractivity contribution in [3.63, 3.8) is 0 Å². The lowest BCUT2D eigenvalue weighted by molar-refractivity contribution is 0.102. The topological polar surface area (TPSA) is 57.9 Å². The number of Topliss-reactive ketones (excluding diaryl/α,β-unsaturated/α-hetero) is 1. The first-order valence-corrected chi connectivity index (χ1v) is 12.1. The van der Waals surface area contributed by atoms with Crippen LogP contribution in [-0.2, 0) is 14.1 Å². The van der Waals surface area contributed by atoms with Crippen LogP contribution >= 0.6 is 0 Å². The van der Waals surface area contributed by atoms with Crippen molar-refractivity contribution in [2.75, 3.05) is 12.0 Å². The van der Waals surface area contributed by atoms with Crippen molar-refractivity contribution in [1.29, 1.82) is 5.26 Å². The molecule has 0 aliphatic rings. The minimum atomic E-state index is -6.30. The third-order valence-electron chi connectivity index (χ3n) is 4.50. The average molecular weight is 543 g/mol. The highest BCUT2D eigenvalue weighted by Gasteiger charge is 2.37. The normalized spacial score (nSPS) is 12.2. The maximum absolute atomic E-state index is 12.5. The summed E-state index contributed by atoms with van der Waals surface area (Å²) >= 11 is 0. The second-order valence-corrected chi connectivity index (χ2v) is 9.92. The van der Waals surface area contributed by atoms with Gasteiger partial charge >= 0.3 is 6.98 Å². The zero-order chi connectivity index (χ0) is 28.0. The van der Waals surface area contributed by atoms with Crippen molar-refractivity contribution in [1.82, 2.24) is 0 Å². The van der Waals surface area contributed by atoms with Gasteiger partial charge in [0.05, 0.1) is 11.6 Å². The minimum Gasteiger partial charge on any atom is -0.445 e. The van der Waals surface area contributed by atoms with Gasteiger partial charge in [-0.3, -0.25) is 4.79 Å². The van der Waals surface area contributed by atoms with Gasteiger partial charge in [-0.25, -0.2) is 22.0 Å². The average Bonchev–Trinajstić information content (AvgIpc) is 2.85. The van der Waals surface area contributed by atoms with Crippen LogP contribution in [0.4, 0.5) is 34.9 Å². The van der Waals surface area contributed by atoms with E-state index in [1.807, 2.05) is 36.4 Å². The number of benzene rings is 3. The molecule has 0 fully saturated rings. The molecule has 0 spiro atoms. The Kier molecular flexibility index (Phi) is 9.37. The van der Waals surface area contributed by atoms with E-state index in [0.29, 0.717) is 11.1 Å². The van der Waals surface area contributed by atoms with Gasteiger partial charge in [0.25, 0.3) is 0 Å². The molecule has 3 nitrogen and oxygen atoms in total. The Morgan fingerprint density at radius 2 is 1.30 bits per heavy atom. The molecule has 0 amide bonds. The van der Waals surface area contributed by atoms with Crippen LogP contribution in [-0.4, -0.2) is 24.8 Å². The van der Waals surface area contributed by atoms with Crippen LogP contribution in [0, 0.1) is 51.6 Å². The number of nitriles is 1. The van der Waals surface area contributed by atoms with Gasteiger partial charge in [-0.15, -0.1) is 0 Å². The summed E-state index contributed by atoms with van der Waals surface area (Å²) in [5.41, 5.74) is -1.04. The summed E-state index contributed by atoms with van der Waals surface area (Å²) in [6, 6.07) is 17.5. The zero-order valence-corrected chi connectivity index (χ0v) is 19.5. The van der Waals surface area contributed by atoms with Crippen molar-refractivity contribution in [2.45, 2.75) is 0 Å². The Bertz CT molecular complexity index is 1430. The molecular formula is C24H14BF8NO2S. The number of hydrogen-bond acceptors (Lipinski definition) is 3. The number of carbonyl (C=O) groups excluding carboxylic acids is 1. The molecule has 0 aliphatic heterocycles. The molecule has 0 N–H and O–H groups in total. The van der Waals surface area contributed by atoms with E-state index >= 15 is 0 Å². The van der Waals surface area contributed by atoms with E-state index in [1.165, 1.54) is 6.26 Å². The van der Waals surface area contributed by atoms with E-state index in [9.17, 15) is 43.9 Å². The smallest absolute Gasteiger partial charge is 0.445 e. The molecule has 0 radical (unpaired) electrons. The molecule has 13 heteroatoms. The third-order valence-corrected chi connectivity index (χ3v) is 5.85. The standard InChI is InChI=1S/C18H14NO2S.C6BF8/c1-22(21,12-11-15-5-3-2-4-6-15)14-18(20)17-9-7-16(13-19)8-10-17;8-2-1(7(13,14)15)3(9)5(11)6(12)4(2)10/h2-10H,14H2,1H3;/q+1;-1. The van der Waals surface area contributed by atoms with Crippen molar-refractivity contribution in [3.8, 4) is 17.2 Å². The summed E-state index contributed by atoms with van der Waals surface area (Å²) in [5, 5.41) is 11.4. The first kappa shape index (κ1) is 29.3. The lowest BCUT2D eigenvalue weighted by Gasteiger charge is -2.17. The van der Waals surface area contributed by atoms with E-state index in [4.69, 9.17) is 5.26 Å². The Morgan fingerprint density at radius 1 is 0.811 bits per heavy atom. The molecule has 0 heterocycles. The Labute approximate surface area is 207 Å². The van der Waals surface area contributed by atoms with Gasteiger partial charge in [0.1, 0.15) is 17.9 Å². The molecule has 37 heavy (non-hydrogen) atoms. The molecule has 0 saturated carbocycles. The number of rotatable bonds is 4. The number of ketones is 1. The highest BCUT2D eigenvalue weighted by Crippen LogP contribution is 2.21. The summed E-state index contributed by atoms with van der Waals surface area (Å²) in [6.45, 7) is -6.30. The summed E-state index contributed by atoms with van der Waals surface area (Å²) in [4.78, 5) is 12.1. The van der Waals surface area contributed by atoms with Crippen LogP contribution in [0.1, 0.15) is 21.5 Å². The number of halogens is 8. The van der Waals surface area contributed by atoms with E-state index in [1.54, 1.807) is 24.3 Å². The zero-order valence-electron chi connectivity index (χ0n) is 18.7. The number of hydrogen-bond donors (Lipinski definition) is 0. The van der Waals surface area contributed by atoms with Gasteiger partial charge in [0.15, 0.2) is 38.4 Å². The predicted octanol–water partition coefficient (Wildman–Crippen LogP) is 5.32. The summed E-state index contributed by atoms with van der Waals surface area (Å²) in [6.07, 6.45) is 1.49. The SMILES string of the molecule is C[S+](=O)(C#Cc1ccccc1)CC(=O)c1ccc(C#N)cc1.Fc1c(F)c(F)c([B-](F)(F)F)c(F)c1F. The number of carbonyl (C=O) groups is 1. The molecule has 0 aromatic heterocycles. The lowest BCUT2D eigenvalue weighted by Crippen LogP contribution is -2.41. The van der Waals surface area contributed by atoms with Crippen LogP contribution < -0.4 is 5.46 Å². The first-order valence-electron chi connectivity index (χ1n) is 9.97. The lowest BCUT2D eigenvalue weighted by atomic mass is 9.79. The fourth-order valence-corrected chi connectivity index (χ4v) is 3.77. The summed E-state index contributed by atoms with van der Waals surface area (Å²) in [5.74, 6) is -11.1. The highest BCUT2D eigenvalue weighted by molar-refractivity contribution is 8.07. The van der Waals surface area contributed by atoms with Crippen molar-refractivity contribution in [3.05, 3.63) is 100 Å². The van der Waals surface area contributed by atoms with Crippen molar-refractivity contribution < 1.29 is 43.9 Å². The van der Waals surface area contributed by atoms with E-state index in [2.05, 4.69) is 11.2 Å². The quantitative estimate of drug-likeness (QED) is 0.0853. The molecular weight excluding hydrogens is 529 g/mol. The molecule has 192 valence electrons. The fraction of sp³-hybridized carbons (Fsp3) is 0.0833. The fourth-order valence-electron chi connectivity index (χ4n) is 2.70. The predicted molar refractivity (Wildman–Crippen MR) is 123 cm³/mol. The van der Waals surface area contributed by atoms with Gasteiger partial charge in [-0.1, -0.05) is 22.4 Å². The molecule has 0 saturated heterocycles. The van der Waals surface area contributed by atoms with E-state index < -0.39 is 51.5 Å². The van der Waals surface area contributed by atoms with Gasteiger partial charge in [0, 0.05) is 11.1 Å². The molecule has 0 bridgehead atoms. The summed E-state index contributed by atoms with van der Waals surface area (Å²) < 4.78 is 110. The van der Waals surface area contributed by atoms with Crippen molar-refractivity contribution in [2.24, 2.45) is 0 Å². The monoisotopic (exact) mass is 543 g/mol. The highest BCUT2D eigenvalue weighted by atomic mass is 32.2. The molecule has 1 unspecified atom stereocenters. The molecule has 3 rings (SSSR count). The van der Waals surface area contributed by atoms with Gasteiger partial charge in [-0.2, -0.15) is 5.26 Å². The van der Waals surface area contributed by atoms with Crippen molar-refractivity contribution >= 4 is 28.2 Å². The Hall–Kier alpha value is -3.97. The minimum absolute atomic E-state index is 0.126. The van der Waals surface area contributed by atoms with Crippen LogP contribution in [0.15, 0.2) is 54.6 Å². The van der Waals surface area contributed by atoms with Crippen LogP contribution in [0.25, 0.3) is 0 Å². The largest absolute Gasteiger partial charge is 0.515 e. The molecule has 0 aliphatic carbocycles. The molecule has 3 aromatic carbocycles. The Balaban J connectivity index is 0.000000281. The maximum atomic E-state index is 12.5. The molecule has 3 aromatic rings. The number of nitrogens with zero attached hydrogens (tertiary/aromatic N) is 1. The van der Waals surface area contributed by atoms with Crippen LogP contribution in [0.3, 0.4) is 0 Å². The van der Waals surface area contributed by atoms with Gasteiger partial charge < -0.3 is 12.9 Å². The van der Waals surface area contributed by atoms with Gasteiger partial charge in [-0.05, 0) is 47.8 Å². The maximum Gasteiger partial charge on any atom is 0.515 e. The second-order valence-electron chi connectivity index (χ2n) is 7.41. The first-order chi connectivity index (χ1) is 17.2. The molecule has 1 atom stereocenters.